The fourth-order valence-electron chi connectivity index (χ4n) is 3.22. The van der Waals surface area contributed by atoms with E-state index in [1.54, 1.807) is 18.3 Å². The van der Waals surface area contributed by atoms with Gasteiger partial charge in [0.25, 0.3) is 5.91 Å². The first-order valence-corrected chi connectivity index (χ1v) is 11.0. The molecule has 2 N–H and O–H groups in total. The van der Waals surface area contributed by atoms with Gasteiger partial charge in [0.15, 0.2) is 0 Å². The van der Waals surface area contributed by atoms with Crippen LogP contribution < -0.4 is 15.5 Å². The van der Waals surface area contributed by atoms with E-state index in [0.717, 1.165) is 27.6 Å². The number of nitrogens with one attached hydrogen (secondary N) is 2. The lowest BCUT2D eigenvalue weighted by Crippen LogP contribution is -2.25. The topological polar surface area (TPSA) is 62.7 Å². The monoisotopic (exact) mass is 477 g/mol. The highest BCUT2D eigenvalue weighted by molar-refractivity contribution is 6.35. The molecule has 4 aromatic carbocycles. The minimum atomic E-state index is -0.237. The van der Waals surface area contributed by atoms with Gasteiger partial charge in [-0.25, -0.2) is 5.43 Å². The van der Waals surface area contributed by atoms with E-state index < -0.39 is 0 Å². The van der Waals surface area contributed by atoms with Crippen molar-refractivity contribution in [3.63, 3.8) is 0 Å². The molecule has 5 nitrogen and oxygen atoms in total. The Labute approximate surface area is 202 Å². The van der Waals surface area contributed by atoms with E-state index >= 15 is 0 Å². The fourth-order valence-corrected chi connectivity index (χ4v) is 3.69. The van der Waals surface area contributed by atoms with Gasteiger partial charge in [0, 0.05) is 26.7 Å². The second-order valence-corrected chi connectivity index (χ2v) is 8.11. The number of fused-ring (bicyclic) bond motifs is 1. The van der Waals surface area contributed by atoms with Gasteiger partial charge in [-0.15, -0.1) is 0 Å². The highest BCUT2D eigenvalue weighted by atomic mass is 35.5. The number of benzene rings is 4. The molecule has 0 atom stereocenters. The van der Waals surface area contributed by atoms with E-state index in [1.165, 1.54) is 0 Å². The highest BCUT2D eigenvalue weighted by Crippen LogP contribution is 2.23. The maximum Gasteiger partial charge on any atom is 0.259 e. The molecule has 0 aromatic heterocycles. The molecular weight excluding hydrogens is 457 g/mol. The largest absolute Gasteiger partial charge is 0.489 e. The molecule has 0 bridgehead atoms. The summed E-state index contributed by atoms with van der Waals surface area (Å²) in [6.45, 7) is 0.453. The van der Waals surface area contributed by atoms with Crippen molar-refractivity contribution in [1.82, 2.24) is 5.43 Å². The van der Waals surface area contributed by atoms with Gasteiger partial charge in [-0.05, 0) is 53.4 Å². The number of nitrogens with zero attached hydrogens (tertiary/aromatic N) is 1. The van der Waals surface area contributed by atoms with Gasteiger partial charge in [-0.3, -0.25) is 4.79 Å². The molecule has 0 heterocycles. The predicted octanol–water partition coefficient (Wildman–Crippen LogP) is 6.29. The number of carbonyl (C=O) groups is 1. The molecule has 7 heteroatoms. The third-order valence-electron chi connectivity index (χ3n) is 4.92. The summed E-state index contributed by atoms with van der Waals surface area (Å²) in [5.74, 6) is 0.459. The molecule has 0 fully saturated rings. The van der Waals surface area contributed by atoms with Crippen molar-refractivity contribution in [3.05, 3.63) is 106 Å². The third-order valence-corrected chi connectivity index (χ3v) is 5.51. The van der Waals surface area contributed by atoms with Gasteiger partial charge in [-0.1, -0.05) is 65.7 Å². The van der Waals surface area contributed by atoms with E-state index in [1.807, 2.05) is 72.8 Å². The van der Waals surface area contributed by atoms with Crippen LogP contribution in [0.25, 0.3) is 10.8 Å². The molecule has 0 spiro atoms. The molecule has 4 aromatic rings. The molecule has 33 heavy (non-hydrogen) atoms. The molecule has 0 aliphatic rings. The van der Waals surface area contributed by atoms with Crippen LogP contribution >= 0.6 is 23.2 Å². The normalized spacial score (nSPS) is 11.0. The van der Waals surface area contributed by atoms with Crippen molar-refractivity contribution in [3.8, 4) is 5.75 Å². The molecule has 4 rings (SSSR count). The quantitative estimate of drug-likeness (QED) is 0.231. The maximum absolute atomic E-state index is 12.1. The summed E-state index contributed by atoms with van der Waals surface area (Å²) < 4.78 is 5.76. The van der Waals surface area contributed by atoms with Crippen LogP contribution in [0, 0.1) is 0 Å². The smallest absolute Gasteiger partial charge is 0.259 e. The van der Waals surface area contributed by atoms with Crippen molar-refractivity contribution >= 4 is 51.8 Å². The van der Waals surface area contributed by atoms with Crippen LogP contribution in [0.5, 0.6) is 5.75 Å². The second kappa shape index (κ2) is 10.9. The Morgan fingerprint density at radius 3 is 2.55 bits per heavy atom. The number of hydrogen-bond acceptors (Lipinski definition) is 4. The van der Waals surface area contributed by atoms with Crippen LogP contribution in [0.3, 0.4) is 0 Å². The van der Waals surface area contributed by atoms with Crippen molar-refractivity contribution in [2.45, 2.75) is 6.61 Å². The van der Waals surface area contributed by atoms with Gasteiger partial charge in [-0.2, -0.15) is 5.10 Å². The number of anilines is 1. The van der Waals surface area contributed by atoms with Gasteiger partial charge < -0.3 is 10.1 Å². The Hall–Kier alpha value is -3.54. The lowest BCUT2D eigenvalue weighted by Gasteiger charge is -2.09. The summed E-state index contributed by atoms with van der Waals surface area (Å²) in [6, 6.07) is 26.6. The van der Waals surface area contributed by atoms with Gasteiger partial charge in [0.05, 0.1) is 12.8 Å². The summed E-state index contributed by atoms with van der Waals surface area (Å²) in [5.41, 5.74) is 5.12. The van der Waals surface area contributed by atoms with Gasteiger partial charge >= 0.3 is 0 Å². The number of rotatable bonds is 8. The lowest BCUT2D eigenvalue weighted by molar-refractivity contribution is -0.119. The fraction of sp³-hybridized carbons (Fsp3) is 0.0769. The summed E-state index contributed by atoms with van der Waals surface area (Å²) >= 11 is 12.1. The van der Waals surface area contributed by atoms with Crippen LogP contribution in [-0.2, 0) is 11.4 Å². The zero-order valence-corrected chi connectivity index (χ0v) is 19.1. The number of hydrazone groups is 1. The molecule has 166 valence electrons. The molecule has 0 radical (unpaired) electrons. The summed E-state index contributed by atoms with van der Waals surface area (Å²) in [6.07, 6.45) is 1.58. The molecule has 0 unspecified atom stereocenters. The second-order valence-electron chi connectivity index (χ2n) is 7.27. The summed E-state index contributed by atoms with van der Waals surface area (Å²) in [5, 5.41) is 10.5. The summed E-state index contributed by atoms with van der Waals surface area (Å²) in [4.78, 5) is 12.1. The highest BCUT2D eigenvalue weighted by Gasteiger charge is 2.04. The Balaban J connectivity index is 1.25. The van der Waals surface area contributed by atoms with E-state index in [2.05, 4.69) is 15.8 Å². The zero-order chi connectivity index (χ0) is 23.0. The third kappa shape index (κ3) is 6.25. The van der Waals surface area contributed by atoms with Crippen molar-refractivity contribution in [1.29, 1.82) is 0 Å². The number of halogens is 2. The maximum atomic E-state index is 12.1. The van der Waals surface area contributed by atoms with Crippen LogP contribution in [0.2, 0.25) is 10.0 Å². The van der Waals surface area contributed by atoms with Crippen LogP contribution in [0.15, 0.2) is 90.0 Å². The van der Waals surface area contributed by atoms with E-state index in [-0.39, 0.29) is 12.5 Å². The molecular formula is C26H21Cl2N3O2. The Morgan fingerprint density at radius 1 is 0.939 bits per heavy atom. The minimum absolute atomic E-state index is 0.116. The van der Waals surface area contributed by atoms with Crippen molar-refractivity contribution in [2.24, 2.45) is 5.10 Å². The SMILES string of the molecule is O=C(CNc1cccc2ccccc12)N/N=C\c1ccc(OCc2ccc(Cl)cc2Cl)cc1. The standard InChI is InChI=1S/C26H21Cl2N3O2/c27-21-11-10-20(24(28)14-21)17-33-22-12-8-18(9-13-22)15-30-31-26(32)16-29-25-7-3-5-19-4-1-2-6-23(19)25/h1-15,29H,16-17H2,(H,31,32)/b30-15-. The Kier molecular flexibility index (Phi) is 7.45. The number of carbonyl (C=O) groups excluding carboxylic acids is 1. The molecule has 0 aliphatic carbocycles. The lowest BCUT2D eigenvalue weighted by atomic mass is 10.1. The molecule has 0 saturated carbocycles. The number of hydrogen-bond donors (Lipinski definition) is 2. The number of amides is 1. The van der Waals surface area contributed by atoms with E-state index in [4.69, 9.17) is 27.9 Å². The summed E-state index contributed by atoms with van der Waals surface area (Å²) in [7, 11) is 0. The van der Waals surface area contributed by atoms with Gasteiger partial charge in [0.1, 0.15) is 12.4 Å². The molecule has 0 aliphatic heterocycles. The van der Waals surface area contributed by atoms with Crippen molar-refractivity contribution < 1.29 is 9.53 Å². The van der Waals surface area contributed by atoms with Crippen LogP contribution in [0.1, 0.15) is 11.1 Å². The van der Waals surface area contributed by atoms with E-state index in [9.17, 15) is 4.79 Å². The minimum Gasteiger partial charge on any atom is -0.489 e. The molecule has 1 amide bonds. The average molecular weight is 478 g/mol. The zero-order valence-electron chi connectivity index (χ0n) is 17.6. The first-order chi connectivity index (χ1) is 16.1. The molecule has 0 saturated heterocycles. The van der Waals surface area contributed by atoms with Gasteiger partial charge in [0.2, 0.25) is 0 Å². The first-order valence-electron chi connectivity index (χ1n) is 10.3. The Bertz CT molecular complexity index is 1290. The van der Waals surface area contributed by atoms with Crippen LogP contribution in [0.4, 0.5) is 5.69 Å². The predicted molar refractivity (Wildman–Crippen MR) is 135 cm³/mol. The first kappa shape index (κ1) is 22.6. The van der Waals surface area contributed by atoms with Crippen molar-refractivity contribution in [2.75, 3.05) is 11.9 Å². The number of ether oxygens (including phenoxy) is 1. The average Bonchev–Trinajstić information content (AvgIpc) is 2.83. The van der Waals surface area contributed by atoms with E-state index in [0.29, 0.717) is 22.4 Å². The Morgan fingerprint density at radius 2 is 1.73 bits per heavy atom. The van der Waals surface area contributed by atoms with Crippen LogP contribution in [-0.4, -0.2) is 18.7 Å².